The Balaban J connectivity index is 2.15. The number of nitrogens with one attached hydrogen (secondary N) is 1. The van der Waals surface area contributed by atoms with Crippen LogP contribution in [-0.2, 0) is 0 Å². The van der Waals surface area contributed by atoms with Crippen molar-refractivity contribution in [3.8, 4) is 28.6 Å². The van der Waals surface area contributed by atoms with Crippen LogP contribution in [0.5, 0.6) is 5.88 Å². The van der Waals surface area contributed by atoms with E-state index < -0.39 is 5.56 Å². The van der Waals surface area contributed by atoms with Crippen molar-refractivity contribution in [2.24, 2.45) is 0 Å². The summed E-state index contributed by atoms with van der Waals surface area (Å²) >= 11 is 9.06. The van der Waals surface area contributed by atoms with Crippen LogP contribution in [0.3, 0.4) is 0 Å². The van der Waals surface area contributed by atoms with Gasteiger partial charge in [-0.2, -0.15) is 4.98 Å². The lowest BCUT2D eigenvalue weighted by atomic mass is 10.1. The number of benzene rings is 1. The Kier molecular flexibility index (Phi) is 3.57. The predicted molar refractivity (Wildman–Crippen MR) is 82.4 cm³/mol. The van der Waals surface area contributed by atoms with Gasteiger partial charge in [0.2, 0.25) is 5.88 Å². The molecule has 0 bridgehead atoms. The summed E-state index contributed by atoms with van der Waals surface area (Å²) in [6, 6.07) is 9.91. The molecule has 2 N–H and O–H groups in total. The summed E-state index contributed by atoms with van der Waals surface area (Å²) in [5.41, 5.74) is 0.0695. The zero-order chi connectivity index (χ0) is 15.0. The third-order valence-electron chi connectivity index (χ3n) is 2.82. The first kappa shape index (κ1) is 13.9. The highest BCUT2D eigenvalue weighted by Crippen LogP contribution is 2.28. The Labute approximate surface area is 132 Å². The number of rotatable bonds is 2. The highest BCUT2D eigenvalue weighted by atomic mass is 79.9. The minimum atomic E-state index is -0.479. The van der Waals surface area contributed by atoms with Gasteiger partial charge in [0.1, 0.15) is 5.56 Å². The Morgan fingerprint density at radius 1 is 1.29 bits per heavy atom. The number of nitrogens with zero attached hydrogens (tertiary/aromatic N) is 1. The van der Waals surface area contributed by atoms with Gasteiger partial charge in [0.05, 0.1) is 0 Å². The fraction of sp³-hybridized carbons (Fsp3) is 0. The molecule has 3 aromatic rings. The molecule has 0 unspecified atom stereocenters. The molecular formula is C14H8BrClN2O3. The summed E-state index contributed by atoms with van der Waals surface area (Å²) in [6.45, 7) is 0. The first-order valence-corrected chi connectivity index (χ1v) is 7.06. The Hall–Kier alpha value is -2.05. The lowest BCUT2D eigenvalue weighted by Crippen LogP contribution is -2.11. The van der Waals surface area contributed by atoms with E-state index in [2.05, 4.69) is 25.9 Å². The maximum Gasteiger partial charge on any atom is 0.263 e. The summed E-state index contributed by atoms with van der Waals surface area (Å²) in [5.74, 6) is 0.101. The lowest BCUT2D eigenvalue weighted by molar-refractivity contribution is 0.452. The second-order valence-electron chi connectivity index (χ2n) is 4.23. The molecule has 106 valence electrons. The normalized spacial score (nSPS) is 10.8. The maximum atomic E-state index is 12.2. The topological polar surface area (TPSA) is 79.1 Å². The molecule has 1 aromatic carbocycles. The standard InChI is InChI=1S/C14H8BrClN2O3/c15-10-5-4-9(21-10)12-17-13(19)11(14(20)18-12)7-2-1-3-8(16)6-7/h1-6H,(H2,17,18,19,20). The summed E-state index contributed by atoms with van der Waals surface area (Å²) in [4.78, 5) is 18.7. The Bertz CT molecular complexity index is 873. The summed E-state index contributed by atoms with van der Waals surface area (Å²) < 4.78 is 5.79. The van der Waals surface area contributed by atoms with Gasteiger partial charge >= 0.3 is 0 Å². The fourth-order valence-corrected chi connectivity index (χ4v) is 2.42. The van der Waals surface area contributed by atoms with E-state index in [-0.39, 0.29) is 17.3 Å². The number of aromatic amines is 1. The number of halogens is 2. The van der Waals surface area contributed by atoms with Crippen LogP contribution in [0.25, 0.3) is 22.7 Å². The highest BCUT2D eigenvalue weighted by Gasteiger charge is 2.15. The molecule has 5 nitrogen and oxygen atoms in total. The van der Waals surface area contributed by atoms with Crippen molar-refractivity contribution in [1.29, 1.82) is 0 Å². The second-order valence-corrected chi connectivity index (χ2v) is 5.45. The van der Waals surface area contributed by atoms with Crippen molar-refractivity contribution in [1.82, 2.24) is 9.97 Å². The molecule has 0 spiro atoms. The fourth-order valence-electron chi connectivity index (χ4n) is 1.92. The van der Waals surface area contributed by atoms with Gasteiger partial charge in [-0.15, -0.1) is 0 Å². The summed E-state index contributed by atoms with van der Waals surface area (Å²) in [5, 5.41) is 10.5. The van der Waals surface area contributed by atoms with Crippen molar-refractivity contribution in [3.05, 3.63) is 56.4 Å². The molecule has 7 heteroatoms. The van der Waals surface area contributed by atoms with Gasteiger partial charge in [-0.25, -0.2) is 0 Å². The van der Waals surface area contributed by atoms with Crippen molar-refractivity contribution >= 4 is 27.5 Å². The molecule has 0 atom stereocenters. The van der Waals surface area contributed by atoms with Gasteiger partial charge in [0.25, 0.3) is 5.56 Å². The molecule has 0 aliphatic carbocycles. The van der Waals surface area contributed by atoms with Crippen molar-refractivity contribution in [2.45, 2.75) is 0 Å². The number of hydrogen-bond donors (Lipinski definition) is 2. The quantitative estimate of drug-likeness (QED) is 0.722. The van der Waals surface area contributed by atoms with Crippen LogP contribution in [0.15, 0.2) is 50.3 Å². The first-order chi connectivity index (χ1) is 10.0. The lowest BCUT2D eigenvalue weighted by Gasteiger charge is -2.05. The number of aromatic nitrogens is 2. The van der Waals surface area contributed by atoms with E-state index in [4.69, 9.17) is 16.0 Å². The summed E-state index contributed by atoms with van der Waals surface area (Å²) in [6.07, 6.45) is 0. The third kappa shape index (κ3) is 2.72. The Morgan fingerprint density at radius 3 is 2.71 bits per heavy atom. The number of hydrogen-bond acceptors (Lipinski definition) is 4. The molecule has 3 rings (SSSR count). The van der Waals surface area contributed by atoms with E-state index in [0.29, 0.717) is 21.0 Å². The van der Waals surface area contributed by atoms with Crippen LogP contribution in [0.1, 0.15) is 0 Å². The average Bonchev–Trinajstić information content (AvgIpc) is 2.85. The second kappa shape index (κ2) is 5.38. The molecule has 0 amide bonds. The van der Waals surface area contributed by atoms with E-state index >= 15 is 0 Å². The van der Waals surface area contributed by atoms with Crippen molar-refractivity contribution < 1.29 is 9.52 Å². The van der Waals surface area contributed by atoms with Gasteiger partial charge < -0.3 is 14.5 Å². The van der Waals surface area contributed by atoms with Gasteiger partial charge in [-0.1, -0.05) is 23.7 Å². The average molecular weight is 368 g/mol. The monoisotopic (exact) mass is 366 g/mol. The SMILES string of the molecule is O=c1[nH]c(-c2ccc(Br)o2)nc(O)c1-c1cccc(Cl)c1. The van der Waals surface area contributed by atoms with Crippen LogP contribution < -0.4 is 5.56 Å². The Morgan fingerprint density at radius 2 is 2.10 bits per heavy atom. The molecule has 0 aliphatic rings. The predicted octanol–water partition coefficient (Wildman–Crippen LogP) is 3.82. The van der Waals surface area contributed by atoms with E-state index in [0.717, 1.165) is 0 Å². The number of furan rings is 1. The van der Waals surface area contributed by atoms with Gasteiger partial charge in [-0.05, 0) is 45.8 Å². The zero-order valence-corrected chi connectivity index (χ0v) is 12.8. The highest BCUT2D eigenvalue weighted by molar-refractivity contribution is 9.10. The molecule has 0 saturated carbocycles. The van der Waals surface area contributed by atoms with Crippen LogP contribution in [0.4, 0.5) is 0 Å². The number of H-pyrrole nitrogens is 1. The maximum absolute atomic E-state index is 12.2. The van der Waals surface area contributed by atoms with Crippen molar-refractivity contribution in [3.63, 3.8) is 0 Å². The van der Waals surface area contributed by atoms with E-state index in [9.17, 15) is 9.90 Å². The third-order valence-corrected chi connectivity index (χ3v) is 3.48. The minimum Gasteiger partial charge on any atom is -0.493 e. The molecule has 2 heterocycles. The van der Waals surface area contributed by atoms with Gasteiger partial charge in [-0.3, -0.25) is 4.79 Å². The van der Waals surface area contributed by atoms with Gasteiger partial charge in [0, 0.05) is 5.02 Å². The molecule has 0 aliphatic heterocycles. The molecular weight excluding hydrogens is 360 g/mol. The molecule has 0 radical (unpaired) electrons. The number of aromatic hydroxyl groups is 1. The van der Waals surface area contributed by atoms with E-state index in [1.807, 2.05) is 0 Å². The largest absolute Gasteiger partial charge is 0.493 e. The van der Waals surface area contributed by atoms with Crippen LogP contribution >= 0.6 is 27.5 Å². The molecule has 0 saturated heterocycles. The molecule has 0 fully saturated rings. The van der Waals surface area contributed by atoms with Crippen molar-refractivity contribution in [2.75, 3.05) is 0 Å². The summed E-state index contributed by atoms with van der Waals surface area (Å²) in [7, 11) is 0. The van der Waals surface area contributed by atoms with Crippen LogP contribution in [0, 0.1) is 0 Å². The van der Waals surface area contributed by atoms with E-state index in [1.54, 1.807) is 36.4 Å². The van der Waals surface area contributed by atoms with Gasteiger partial charge in [0.15, 0.2) is 16.3 Å². The van der Waals surface area contributed by atoms with E-state index in [1.165, 1.54) is 0 Å². The zero-order valence-electron chi connectivity index (χ0n) is 10.4. The first-order valence-electron chi connectivity index (χ1n) is 5.89. The smallest absolute Gasteiger partial charge is 0.263 e. The molecule has 2 aromatic heterocycles. The minimum absolute atomic E-state index is 0.0619. The van der Waals surface area contributed by atoms with Crippen LogP contribution in [-0.4, -0.2) is 15.1 Å². The molecule has 21 heavy (non-hydrogen) atoms. The van der Waals surface area contributed by atoms with Crippen LogP contribution in [0.2, 0.25) is 5.02 Å².